The normalized spacial score (nSPS) is 11.1. The number of carboxylic acid groups (broad SMARTS) is 1. The molecule has 0 aliphatic heterocycles. The molecule has 0 atom stereocenters. The number of carbonyl (C=O) groups is 2. The van der Waals surface area contributed by atoms with Gasteiger partial charge in [-0.3, -0.25) is 4.79 Å². The molecule has 9 heteroatoms. The Bertz CT molecular complexity index is 807. The summed E-state index contributed by atoms with van der Waals surface area (Å²) in [6, 6.07) is 2.59. The summed E-state index contributed by atoms with van der Waals surface area (Å²) in [4.78, 5) is 27.6. The number of aromatic carboxylic acids is 1. The van der Waals surface area contributed by atoms with Crippen LogP contribution in [-0.2, 0) is 5.54 Å². The van der Waals surface area contributed by atoms with Crippen molar-refractivity contribution >= 4 is 17.6 Å². The van der Waals surface area contributed by atoms with E-state index in [-0.39, 0.29) is 34.1 Å². The van der Waals surface area contributed by atoms with Crippen molar-refractivity contribution in [2.75, 3.05) is 19.5 Å². The monoisotopic (exact) mass is 348 g/mol. The van der Waals surface area contributed by atoms with Crippen LogP contribution in [0.4, 0.5) is 5.69 Å². The lowest BCUT2D eigenvalue weighted by molar-refractivity contribution is 0.0696. The van der Waals surface area contributed by atoms with Crippen molar-refractivity contribution in [2.24, 2.45) is 0 Å². The molecule has 0 aliphatic carbocycles. The highest BCUT2D eigenvalue weighted by Gasteiger charge is 2.22. The predicted molar refractivity (Wildman–Crippen MR) is 89.5 cm³/mol. The molecular formula is C16H20N4O5. The van der Waals surface area contributed by atoms with Crippen molar-refractivity contribution in [1.82, 2.24) is 14.8 Å². The Morgan fingerprint density at radius 2 is 1.88 bits per heavy atom. The number of carboxylic acids is 1. The maximum atomic E-state index is 12.4. The number of ether oxygens (including phenoxy) is 2. The van der Waals surface area contributed by atoms with E-state index in [1.54, 1.807) is 4.68 Å². The van der Waals surface area contributed by atoms with Gasteiger partial charge in [0.25, 0.3) is 5.91 Å². The van der Waals surface area contributed by atoms with Crippen LogP contribution in [0.25, 0.3) is 0 Å². The summed E-state index contributed by atoms with van der Waals surface area (Å²) in [7, 11) is 2.77. The Hall–Kier alpha value is -3.10. The number of anilines is 1. The minimum Gasteiger partial charge on any atom is -0.493 e. The molecule has 0 fully saturated rings. The van der Waals surface area contributed by atoms with Crippen molar-refractivity contribution in [1.29, 1.82) is 0 Å². The maximum Gasteiger partial charge on any atom is 0.335 e. The fourth-order valence-electron chi connectivity index (χ4n) is 2.05. The number of methoxy groups -OCH3 is 2. The van der Waals surface area contributed by atoms with Crippen LogP contribution in [0, 0.1) is 0 Å². The molecule has 0 unspecified atom stereocenters. The van der Waals surface area contributed by atoms with E-state index in [1.165, 1.54) is 32.7 Å². The van der Waals surface area contributed by atoms with Crippen LogP contribution < -0.4 is 14.8 Å². The zero-order valence-corrected chi connectivity index (χ0v) is 14.7. The van der Waals surface area contributed by atoms with Crippen molar-refractivity contribution in [2.45, 2.75) is 26.3 Å². The number of nitrogens with zero attached hydrogens (tertiary/aromatic N) is 3. The average molecular weight is 348 g/mol. The summed E-state index contributed by atoms with van der Waals surface area (Å²) in [6.45, 7) is 5.77. The fraction of sp³-hybridized carbons (Fsp3) is 0.375. The minimum absolute atomic E-state index is 0.0447. The summed E-state index contributed by atoms with van der Waals surface area (Å²) in [5, 5.41) is 15.9. The van der Waals surface area contributed by atoms with Crippen molar-refractivity contribution in [3.05, 3.63) is 29.8 Å². The first kappa shape index (κ1) is 18.2. The average Bonchev–Trinajstić information content (AvgIpc) is 3.04. The van der Waals surface area contributed by atoms with Crippen LogP contribution in [0.1, 0.15) is 41.7 Å². The van der Waals surface area contributed by atoms with Crippen LogP contribution in [0.3, 0.4) is 0 Å². The minimum atomic E-state index is -1.16. The van der Waals surface area contributed by atoms with Gasteiger partial charge in [-0.05, 0) is 32.9 Å². The summed E-state index contributed by atoms with van der Waals surface area (Å²) >= 11 is 0. The van der Waals surface area contributed by atoms with Gasteiger partial charge in [0, 0.05) is 0 Å². The molecule has 0 radical (unpaired) electrons. The van der Waals surface area contributed by atoms with E-state index >= 15 is 0 Å². The number of carbonyl (C=O) groups excluding carboxylic acids is 1. The van der Waals surface area contributed by atoms with E-state index in [0.717, 1.165) is 0 Å². The largest absolute Gasteiger partial charge is 0.493 e. The Labute approximate surface area is 144 Å². The smallest absolute Gasteiger partial charge is 0.335 e. The molecule has 0 saturated carbocycles. The summed E-state index contributed by atoms with van der Waals surface area (Å²) in [6.07, 6.45) is 1.46. The SMILES string of the molecule is COc1cc(C(=O)O)cc(NC(=O)c2ncn(C(C)(C)C)n2)c1OC. The molecule has 0 spiro atoms. The van der Waals surface area contributed by atoms with E-state index in [4.69, 9.17) is 9.47 Å². The number of amides is 1. The Kier molecular flexibility index (Phi) is 4.96. The van der Waals surface area contributed by atoms with E-state index < -0.39 is 11.9 Å². The topological polar surface area (TPSA) is 116 Å². The quantitative estimate of drug-likeness (QED) is 0.849. The van der Waals surface area contributed by atoms with Gasteiger partial charge in [0.05, 0.1) is 31.0 Å². The van der Waals surface area contributed by atoms with Gasteiger partial charge in [0.2, 0.25) is 5.82 Å². The summed E-state index contributed by atoms with van der Waals surface area (Å²) < 4.78 is 11.9. The number of rotatable bonds is 5. The third-order valence-electron chi connectivity index (χ3n) is 3.36. The molecule has 0 saturated heterocycles. The standard InChI is InChI=1S/C16H20N4O5/c1-16(2,3)20-8-17-13(19-20)14(21)18-10-6-9(15(22)23)7-11(24-4)12(10)25-5/h6-8H,1-5H3,(H,18,21)(H,22,23). The first-order chi connectivity index (χ1) is 11.7. The van der Waals surface area contributed by atoms with Gasteiger partial charge in [-0.2, -0.15) is 0 Å². The van der Waals surface area contributed by atoms with Gasteiger partial charge < -0.3 is 19.9 Å². The molecule has 0 aliphatic rings. The van der Waals surface area contributed by atoms with Crippen molar-refractivity contribution in [3.63, 3.8) is 0 Å². The summed E-state index contributed by atoms with van der Waals surface area (Å²) in [5.74, 6) is -1.41. The van der Waals surface area contributed by atoms with E-state index in [9.17, 15) is 14.7 Å². The highest BCUT2D eigenvalue weighted by Crippen LogP contribution is 2.36. The maximum absolute atomic E-state index is 12.4. The van der Waals surface area contributed by atoms with Gasteiger partial charge in [0.1, 0.15) is 6.33 Å². The first-order valence-electron chi connectivity index (χ1n) is 7.40. The van der Waals surface area contributed by atoms with Gasteiger partial charge >= 0.3 is 5.97 Å². The Morgan fingerprint density at radius 1 is 1.20 bits per heavy atom. The highest BCUT2D eigenvalue weighted by molar-refractivity contribution is 6.03. The molecule has 25 heavy (non-hydrogen) atoms. The molecule has 134 valence electrons. The van der Waals surface area contributed by atoms with Crippen LogP contribution in [0.15, 0.2) is 18.5 Å². The number of hydrogen-bond acceptors (Lipinski definition) is 6. The third kappa shape index (κ3) is 3.87. The molecule has 1 heterocycles. The second-order valence-corrected chi connectivity index (χ2v) is 6.20. The zero-order chi connectivity index (χ0) is 18.8. The van der Waals surface area contributed by atoms with Gasteiger partial charge in [-0.25, -0.2) is 14.5 Å². The molecule has 9 nitrogen and oxygen atoms in total. The lowest BCUT2D eigenvalue weighted by Crippen LogP contribution is -2.23. The first-order valence-corrected chi connectivity index (χ1v) is 7.40. The van der Waals surface area contributed by atoms with Crippen LogP contribution in [-0.4, -0.2) is 46.0 Å². The molecule has 2 N–H and O–H groups in total. The number of benzene rings is 1. The van der Waals surface area contributed by atoms with E-state index in [0.29, 0.717) is 0 Å². The second kappa shape index (κ2) is 6.80. The van der Waals surface area contributed by atoms with Crippen LogP contribution >= 0.6 is 0 Å². The molecule has 2 aromatic rings. The zero-order valence-electron chi connectivity index (χ0n) is 14.7. The Balaban J connectivity index is 2.38. The lowest BCUT2D eigenvalue weighted by atomic mass is 10.1. The third-order valence-corrected chi connectivity index (χ3v) is 3.36. The molecular weight excluding hydrogens is 328 g/mol. The highest BCUT2D eigenvalue weighted by atomic mass is 16.5. The Morgan fingerprint density at radius 3 is 2.36 bits per heavy atom. The van der Waals surface area contributed by atoms with Crippen LogP contribution in [0.5, 0.6) is 11.5 Å². The van der Waals surface area contributed by atoms with Gasteiger partial charge in [-0.15, -0.1) is 5.10 Å². The van der Waals surface area contributed by atoms with Gasteiger partial charge in [-0.1, -0.05) is 0 Å². The predicted octanol–water partition coefficient (Wildman–Crippen LogP) is 2.00. The molecule has 2 rings (SSSR count). The van der Waals surface area contributed by atoms with E-state index in [2.05, 4.69) is 15.4 Å². The van der Waals surface area contributed by atoms with Crippen molar-refractivity contribution < 1.29 is 24.2 Å². The van der Waals surface area contributed by atoms with Crippen LogP contribution in [0.2, 0.25) is 0 Å². The number of hydrogen-bond donors (Lipinski definition) is 2. The molecule has 1 aromatic heterocycles. The molecule has 1 amide bonds. The van der Waals surface area contributed by atoms with Gasteiger partial charge in [0.15, 0.2) is 11.5 Å². The number of aromatic nitrogens is 3. The second-order valence-electron chi connectivity index (χ2n) is 6.20. The summed E-state index contributed by atoms with van der Waals surface area (Å²) in [5.41, 5.74) is -0.229. The number of nitrogens with one attached hydrogen (secondary N) is 1. The fourth-order valence-corrected chi connectivity index (χ4v) is 2.05. The molecule has 1 aromatic carbocycles. The molecule has 0 bridgehead atoms. The van der Waals surface area contributed by atoms with Crippen molar-refractivity contribution in [3.8, 4) is 11.5 Å². The van der Waals surface area contributed by atoms with E-state index in [1.807, 2.05) is 20.8 Å². The lowest BCUT2D eigenvalue weighted by Gasteiger charge is -2.17.